The Kier molecular flexibility index (Phi) is 8.88. The third kappa shape index (κ3) is 6.04. The summed E-state index contributed by atoms with van der Waals surface area (Å²) >= 11 is 1.74. The summed E-state index contributed by atoms with van der Waals surface area (Å²) in [5.74, 6) is 1.73. The number of aryl methyl sites for hydroxylation is 1. The minimum absolute atomic E-state index is 0. The highest BCUT2D eigenvalue weighted by atomic mass is 127. The Morgan fingerprint density at radius 2 is 2.20 bits per heavy atom. The minimum Gasteiger partial charge on any atom is -0.379 e. The van der Waals surface area contributed by atoms with E-state index in [2.05, 4.69) is 37.4 Å². The summed E-state index contributed by atoms with van der Waals surface area (Å²) in [7, 11) is 1.87. The second kappa shape index (κ2) is 10.6. The first-order valence-electron chi connectivity index (χ1n) is 8.97. The average Bonchev–Trinajstić information content (AvgIpc) is 3.26. The number of halogens is 1. The molecule has 1 N–H and O–H groups in total. The van der Waals surface area contributed by atoms with E-state index in [0.29, 0.717) is 0 Å². The van der Waals surface area contributed by atoms with Gasteiger partial charge in [-0.2, -0.15) is 0 Å². The molecule has 0 aromatic carbocycles. The van der Waals surface area contributed by atoms with Crippen LogP contribution in [0.4, 0.5) is 0 Å². The van der Waals surface area contributed by atoms with Crippen molar-refractivity contribution in [1.82, 2.24) is 20.1 Å². The molecule has 0 amide bonds. The monoisotopic (exact) mass is 479 g/mol. The van der Waals surface area contributed by atoms with Crippen LogP contribution < -0.4 is 5.32 Å². The van der Waals surface area contributed by atoms with Crippen LogP contribution >= 0.6 is 35.3 Å². The standard InChI is InChI=1S/C17H29N5OS.HI/c1-3-16-20-15(13-24-16)10-19-17(18-2)22-5-4-14(12-22)11-21-6-8-23-9-7-21;/h13-14H,3-12H2,1-2H3,(H,18,19);1H. The number of nitrogens with one attached hydrogen (secondary N) is 1. The summed E-state index contributed by atoms with van der Waals surface area (Å²) in [5, 5.41) is 6.82. The first-order valence-corrected chi connectivity index (χ1v) is 9.85. The van der Waals surface area contributed by atoms with E-state index in [1.54, 1.807) is 11.3 Å². The number of ether oxygens (including phenoxy) is 1. The van der Waals surface area contributed by atoms with Crippen molar-refractivity contribution in [1.29, 1.82) is 0 Å². The van der Waals surface area contributed by atoms with E-state index in [4.69, 9.17) is 4.74 Å². The van der Waals surface area contributed by atoms with Crippen molar-refractivity contribution in [3.8, 4) is 0 Å². The first-order chi connectivity index (χ1) is 11.8. The third-order valence-electron chi connectivity index (χ3n) is 4.75. The number of morpholine rings is 1. The van der Waals surface area contributed by atoms with Crippen LogP contribution in [0.2, 0.25) is 0 Å². The van der Waals surface area contributed by atoms with E-state index >= 15 is 0 Å². The molecule has 0 saturated carbocycles. The normalized spacial score (nSPS) is 22.1. The highest BCUT2D eigenvalue weighted by Gasteiger charge is 2.27. The lowest BCUT2D eigenvalue weighted by molar-refractivity contribution is 0.0315. The predicted molar refractivity (Wildman–Crippen MR) is 114 cm³/mol. The number of guanidine groups is 1. The summed E-state index contributed by atoms with van der Waals surface area (Å²) in [6.07, 6.45) is 2.25. The third-order valence-corrected chi connectivity index (χ3v) is 5.79. The molecular formula is C17H30IN5OS. The summed E-state index contributed by atoms with van der Waals surface area (Å²) in [4.78, 5) is 14.0. The van der Waals surface area contributed by atoms with Gasteiger partial charge in [0.15, 0.2) is 5.96 Å². The molecule has 2 aliphatic heterocycles. The zero-order valence-corrected chi connectivity index (χ0v) is 18.4. The molecule has 8 heteroatoms. The maximum absolute atomic E-state index is 5.44. The van der Waals surface area contributed by atoms with Crippen molar-refractivity contribution >= 4 is 41.3 Å². The number of aliphatic imine (C=N–C) groups is 1. The van der Waals surface area contributed by atoms with Gasteiger partial charge in [0.2, 0.25) is 0 Å². The van der Waals surface area contributed by atoms with Crippen LogP contribution in [0.25, 0.3) is 0 Å². The average molecular weight is 479 g/mol. The van der Waals surface area contributed by atoms with E-state index in [0.717, 1.165) is 69.9 Å². The summed E-state index contributed by atoms with van der Waals surface area (Å²) < 4.78 is 5.44. The Labute approximate surface area is 172 Å². The van der Waals surface area contributed by atoms with E-state index in [1.165, 1.54) is 18.0 Å². The van der Waals surface area contributed by atoms with Gasteiger partial charge in [-0.25, -0.2) is 4.98 Å². The van der Waals surface area contributed by atoms with Crippen molar-refractivity contribution in [3.63, 3.8) is 0 Å². The predicted octanol–water partition coefficient (Wildman–Crippen LogP) is 2.05. The molecule has 142 valence electrons. The number of rotatable bonds is 5. The van der Waals surface area contributed by atoms with Crippen LogP contribution in [0.1, 0.15) is 24.0 Å². The minimum atomic E-state index is 0. The van der Waals surface area contributed by atoms with Gasteiger partial charge in [0, 0.05) is 45.2 Å². The van der Waals surface area contributed by atoms with Gasteiger partial charge in [-0.15, -0.1) is 35.3 Å². The Morgan fingerprint density at radius 1 is 1.40 bits per heavy atom. The Hall–Kier alpha value is -0.450. The van der Waals surface area contributed by atoms with Gasteiger partial charge in [0.05, 0.1) is 30.5 Å². The highest BCUT2D eigenvalue weighted by molar-refractivity contribution is 14.0. The Bertz CT molecular complexity index is 547. The molecule has 3 heterocycles. The SMILES string of the molecule is CCc1nc(CNC(=NC)N2CCC(CN3CCOCC3)C2)cs1.I. The molecule has 1 unspecified atom stereocenters. The van der Waals surface area contributed by atoms with E-state index in [1.807, 2.05) is 7.05 Å². The lowest BCUT2D eigenvalue weighted by Gasteiger charge is -2.29. The molecule has 0 aliphatic carbocycles. The molecule has 1 aromatic heterocycles. The number of likely N-dealkylation sites (tertiary alicyclic amines) is 1. The van der Waals surface area contributed by atoms with Crippen LogP contribution in [0.15, 0.2) is 10.4 Å². The molecule has 2 saturated heterocycles. The van der Waals surface area contributed by atoms with Crippen LogP contribution in [0.5, 0.6) is 0 Å². The van der Waals surface area contributed by atoms with Crippen molar-refractivity contribution in [2.24, 2.45) is 10.9 Å². The van der Waals surface area contributed by atoms with Gasteiger partial charge in [0.1, 0.15) is 0 Å². The first kappa shape index (κ1) is 20.9. The number of thiazole rings is 1. The van der Waals surface area contributed by atoms with Gasteiger partial charge in [-0.05, 0) is 18.8 Å². The number of aromatic nitrogens is 1. The quantitative estimate of drug-likeness (QED) is 0.398. The maximum atomic E-state index is 5.44. The molecular weight excluding hydrogens is 449 g/mol. The second-order valence-electron chi connectivity index (χ2n) is 6.50. The van der Waals surface area contributed by atoms with Gasteiger partial charge in [-0.3, -0.25) is 9.89 Å². The molecule has 0 bridgehead atoms. The molecule has 0 spiro atoms. The second-order valence-corrected chi connectivity index (χ2v) is 7.44. The lowest BCUT2D eigenvalue weighted by atomic mass is 10.1. The molecule has 1 atom stereocenters. The molecule has 25 heavy (non-hydrogen) atoms. The van der Waals surface area contributed by atoms with Crippen LogP contribution in [0.3, 0.4) is 0 Å². The smallest absolute Gasteiger partial charge is 0.193 e. The van der Waals surface area contributed by atoms with E-state index in [-0.39, 0.29) is 24.0 Å². The van der Waals surface area contributed by atoms with Crippen LogP contribution in [-0.2, 0) is 17.7 Å². The summed E-state index contributed by atoms with van der Waals surface area (Å²) in [6, 6.07) is 0. The molecule has 3 rings (SSSR count). The Balaban J connectivity index is 0.00000225. The summed E-state index contributed by atoms with van der Waals surface area (Å²) in [6.45, 7) is 10.2. The fourth-order valence-electron chi connectivity index (χ4n) is 3.42. The van der Waals surface area contributed by atoms with Gasteiger partial charge >= 0.3 is 0 Å². The van der Waals surface area contributed by atoms with Gasteiger partial charge in [-0.1, -0.05) is 6.92 Å². The number of hydrogen-bond donors (Lipinski definition) is 1. The molecule has 2 aliphatic rings. The lowest BCUT2D eigenvalue weighted by Crippen LogP contribution is -2.42. The van der Waals surface area contributed by atoms with E-state index in [9.17, 15) is 0 Å². The zero-order valence-electron chi connectivity index (χ0n) is 15.2. The summed E-state index contributed by atoms with van der Waals surface area (Å²) in [5.41, 5.74) is 1.11. The molecule has 0 radical (unpaired) electrons. The Morgan fingerprint density at radius 3 is 2.88 bits per heavy atom. The van der Waals surface area contributed by atoms with E-state index < -0.39 is 0 Å². The number of nitrogens with zero attached hydrogens (tertiary/aromatic N) is 4. The van der Waals surface area contributed by atoms with Crippen molar-refractivity contribution in [3.05, 3.63) is 16.1 Å². The van der Waals surface area contributed by atoms with Gasteiger partial charge < -0.3 is 15.0 Å². The maximum Gasteiger partial charge on any atom is 0.193 e. The fraction of sp³-hybridized carbons (Fsp3) is 0.765. The number of hydrogen-bond acceptors (Lipinski definition) is 5. The highest BCUT2D eigenvalue weighted by Crippen LogP contribution is 2.18. The van der Waals surface area contributed by atoms with Gasteiger partial charge in [0.25, 0.3) is 0 Å². The van der Waals surface area contributed by atoms with Crippen LogP contribution in [-0.4, -0.2) is 73.7 Å². The molecule has 6 nitrogen and oxygen atoms in total. The fourth-order valence-corrected chi connectivity index (χ4v) is 4.16. The largest absolute Gasteiger partial charge is 0.379 e. The zero-order chi connectivity index (χ0) is 16.8. The van der Waals surface area contributed by atoms with Crippen molar-refractivity contribution in [2.75, 3.05) is 53.0 Å². The topological polar surface area (TPSA) is 53.0 Å². The molecule has 1 aromatic rings. The van der Waals surface area contributed by atoms with Crippen molar-refractivity contribution in [2.45, 2.75) is 26.3 Å². The molecule has 2 fully saturated rings. The van der Waals surface area contributed by atoms with Crippen LogP contribution in [0, 0.1) is 5.92 Å². The van der Waals surface area contributed by atoms with Crippen molar-refractivity contribution < 1.29 is 4.74 Å².